The predicted molar refractivity (Wildman–Crippen MR) is 135 cm³/mol. The number of ether oxygens (including phenoxy) is 1. The Hall–Kier alpha value is -3.46. The van der Waals surface area contributed by atoms with Crippen LogP contribution >= 0.6 is 11.8 Å². The van der Waals surface area contributed by atoms with Gasteiger partial charge in [-0.2, -0.15) is 0 Å². The van der Waals surface area contributed by atoms with Crippen LogP contribution in [0.15, 0.2) is 53.6 Å². The van der Waals surface area contributed by atoms with Crippen LogP contribution < -0.4 is 15.4 Å². The Morgan fingerprint density at radius 1 is 1.23 bits per heavy atom. The summed E-state index contributed by atoms with van der Waals surface area (Å²) in [5, 5.41) is 7.02. The summed E-state index contributed by atoms with van der Waals surface area (Å²) < 4.78 is 5.40. The van der Waals surface area contributed by atoms with Gasteiger partial charge >= 0.3 is 0 Å². The molecule has 3 heterocycles. The normalized spacial score (nSPS) is 22.0. The van der Waals surface area contributed by atoms with Crippen molar-refractivity contribution in [3.05, 3.63) is 59.8 Å². The van der Waals surface area contributed by atoms with Crippen LogP contribution in [-0.2, 0) is 16.0 Å². The molecule has 2 aliphatic rings. The second-order valence-corrected chi connectivity index (χ2v) is 9.81. The van der Waals surface area contributed by atoms with Crippen molar-refractivity contribution in [1.82, 2.24) is 20.5 Å². The number of rotatable bonds is 6. The Morgan fingerprint density at radius 2 is 2.06 bits per heavy atom. The highest BCUT2D eigenvalue weighted by Gasteiger charge is 2.44. The van der Waals surface area contributed by atoms with Crippen LogP contribution in [0.25, 0.3) is 10.9 Å². The number of nitrogens with one attached hydrogen (secondary N) is 3. The monoisotopic (exact) mass is 492 g/mol. The minimum absolute atomic E-state index is 0.0704. The molecule has 8 nitrogen and oxygen atoms in total. The lowest BCUT2D eigenvalue weighted by Crippen LogP contribution is -2.67. The maximum Gasteiger partial charge on any atom is 0.255 e. The highest BCUT2D eigenvalue weighted by molar-refractivity contribution is 7.98. The van der Waals surface area contributed by atoms with E-state index >= 15 is 0 Å². The first-order chi connectivity index (χ1) is 17.0. The molecule has 0 spiro atoms. The molecule has 5 rings (SSSR count). The number of thioether (sulfide) groups is 1. The number of carbonyl (C=O) groups excluding carboxylic acids is 3. The van der Waals surface area contributed by atoms with E-state index in [0.717, 1.165) is 21.4 Å². The third kappa shape index (κ3) is 4.48. The standard InChI is InChI=1S/C26H28N4O4S/c1-34-23-13-17(35-2)7-8-19(23)24(31)28-16-9-10-30-22(12-16)25(32)29-21(26(30)33)11-15-14-27-20-6-4-3-5-18(15)20/h3-8,13-14,16,21-22,27H,9-12H2,1-2H3,(H,28,31)(H,29,32). The average Bonchev–Trinajstić information content (AvgIpc) is 3.29. The molecule has 0 aliphatic carbocycles. The Kier molecular flexibility index (Phi) is 6.42. The van der Waals surface area contributed by atoms with Crippen LogP contribution in [0.2, 0.25) is 0 Å². The van der Waals surface area contributed by atoms with Gasteiger partial charge < -0.3 is 25.3 Å². The van der Waals surface area contributed by atoms with Gasteiger partial charge in [0.1, 0.15) is 17.8 Å². The molecule has 2 saturated heterocycles. The van der Waals surface area contributed by atoms with Gasteiger partial charge in [0.2, 0.25) is 11.8 Å². The lowest BCUT2D eigenvalue weighted by molar-refractivity contribution is -0.151. The van der Waals surface area contributed by atoms with Gasteiger partial charge in [0.05, 0.1) is 12.7 Å². The molecule has 2 aromatic carbocycles. The number of fused-ring (bicyclic) bond motifs is 2. The first kappa shape index (κ1) is 23.3. The number of hydrogen-bond donors (Lipinski definition) is 3. The van der Waals surface area contributed by atoms with E-state index in [1.165, 1.54) is 0 Å². The number of H-pyrrole nitrogens is 1. The van der Waals surface area contributed by atoms with Crippen molar-refractivity contribution in [2.24, 2.45) is 0 Å². The van der Waals surface area contributed by atoms with Crippen LogP contribution in [-0.4, -0.2) is 65.6 Å². The summed E-state index contributed by atoms with van der Waals surface area (Å²) in [6, 6.07) is 12.0. The van der Waals surface area contributed by atoms with Crippen molar-refractivity contribution in [1.29, 1.82) is 0 Å². The number of carbonyl (C=O) groups is 3. The highest BCUT2D eigenvalue weighted by Crippen LogP contribution is 2.28. The summed E-state index contributed by atoms with van der Waals surface area (Å²) in [6.07, 6.45) is 5.27. The summed E-state index contributed by atoms with van der Waals surface area (Å²) in [5.74, 6) is 0.0273. The fourth-order valence-corrected chi connectivity index (χ4v) is 5.48. The highest BCUT2D eigenvalue weighted by atomic mass is 32.2. The van der Waals surface area contributed by atoms with E-state index in [4.69, 9.17) is 4.74 Å². The van der Waals surface area contributed by atoms with Crippen LogP contribution in [0.5, 0.6) is 5.75 Å². The number of para-hydroxylation sites is 1. The predicted octanol–water partition coefficient (Wildman–Crippen LogP) is 2.73. The molecule has 2 aliphatic heterocycles. The Bertz CT molecular complexity index is 1290. The lowest BCUT2D eigenvalue weighted by atomic mass is 9.91. The van der Waals surface area contributed by atoms with E-state index in [-0.39, 0.29) is 23.8 Å². The number of methoxy groups -OCH3 is 1. The number of benzene rings is 2. The number of aromatic nitrogens is 1. The summed E-state index contributed by atoms with van der Waals surface area (Å²) in [4.78, 5) is 45.1. The van der Waals surface area contributed by atoms with Gasteiger partial charge in [0.15, 0.2) is 0 Å². The lowest BCUT2D eigenvalue weighted by Gasteiger charge is -2.44. The van der Waals surface area contributed by atoms with E-state index in [2.05, 4.69) is 15.6 Å². The van der Waals surface area contributed by atoms with Crippen molar-refractivity contribution >= 4 is 40.4 Å². The third-order valence-corrected chi connectivity index (χ3v) is 7.62. The first-order valence-corrected chi connectivity index (χ1v) is 12.9. The zero-order chi connectivity index (χ0) is 24.5. The van der Waals surface area contributed by atoms with Crippen molar-refractivity contribution in [2.75, 3.05) is 19.9 Å². The zero-order valence-electron chi connectivity index (χ0n) is 19.7. The first-order valence-electron chi connectivity index (χ1n) is 11.7. The van der Waals surface area contributed by atoms with Crippen molar-refractivity contribution in [3.63, 3.8) is 0 Å². The van der Waals surface area contributed by atoms with Gasteiger partial charge in [-0.3, -0.25) is 14.4 Å². The Balaban J connectivity index is 1.25. The molecule has 35 heavy (non-hydrogen) atoms. The third-order valence-electron chi connectivity index (χ3n) is 6.89. The number of hydrogen-bond acceptors (Lipinski definition) is 5. The van der Waals surface area contributed by atoms with Crippen molar-refractivity contribution < 1.29 is 19.1 Å². The fourth-order valence-electron chi connectivity index (χ4n) is 5.05. The number of aromatic amines is 1. The molecule has 3 unspecified atom stereocenters. The number of nitrogens with zero attached hydrogens (tertiary/aromatic N) is 1. The van der Waals surface area contributed by atoms with Gasteiger partial charge in [-0.05, 0) is 48.9 Å². The van der Waals surface area contributed by atoms with E-state index < -0.39 is 12.1 Å². The summed E-state index contributed by atoms with van der Waals surface area (Å²) >= 11 is 1.57. The van der Waals surface area contributed by atoms with Crippen LogP contribution in [0, 0.1) is 0 Å². The molecule has 3 amide bonds. The molecule has 0 bridgehead atoms. The molecule has 2 fully saturated rings. The second-order valence-electron chi connectivity index (χ2n) is 8.93. The minimum Gasteiger partial charge on any atom is -0.496 e. The van der Waals surface area contributed by atoms with Crippen LogP contribution in [0.1, 0.15) is 28.8 Å². The van der Waals surface area contributed by atoms with Crippen LogP contribution in [0.3, 0.4) is 0 Å². The number of piperidine rings is 1. The summed E-state index contributed by atoms with van der Waals surface area (Å²) in [7, 11) is 1.54. The average molecular weight is 493 g/mol. The maximum absolute atomic E-state index is 13.3. The topological polar surface area (TPSA) is 104 Å². The van der Waals surface area contributed by atoms with Gasteiger partial charge in [0.25, 0.3) is 5.91 Å². The van der Waals surface area contributed by atoms with E-state index in [1.54, 1.807) is 29.8 Å². The van der Waals surface area contributed by atoms with Crippen molar-refractivity contribution in [3.8, 4) is 5.75 Å². The van der Waals surface area contributed by atoms with Gasteiger partial charge in [-0.1, -0.05) is 18.2 Å². The molecule has 3 atom stereocenters. The Labute approximate surface area is 207 Å². The molecule has 0 radical (unpaired) electrons. The summed E-state index contributed by atoms with van der Waals surface area (Å²) in [6.45, 7) is 0.425. The number of amides is 3. The molecule has 3 aromatic rings. The quantitative estimate of drug-likeness (QED) is 0.459. The molecule has 0 saturated carbocycles. The molecule has 1 aromatic heterocycles. The smallest absolute Gasteiger partial charge is 0.255 e. The summed E-state index contributed by atoms with van der Waals surface area (Å²) in [5.41, 5.74) is 2.46. The van der Waals surface area contributed by atoms with E-state index in [0.29, 0.717) is 37.1 Å². The number of piperazine rings is 1. The second kappa shape index (κ2) is 9.65. The Morgan fingerprint density at radius 3 is 2.86 bits per heavy atom. The van der Waals surface area contributed by atoms with Crippen LogP contribution in [0.4, 0.5) is 0 Å². The SMILES string of the molecule is COc1cc(SC)ccc1C(=O)NC1CCN2C(=O)C(Cc3c[nH]c4ccccc34)NC(=O)C2C1. The molecule has 9 heteroatoms. The van der Waals surface area contributed by atoms with Gasteiger partial charge in [0, 0.05) is 41.0 Å². The fraction of sp³-hybridized carbons (Fsp3) is 0.346. The van der Waals surface area contributed by atoms with Crippen molar-refractivity contribution in [2.45, 2.75) is 42.3 Å². The molecule has 182 valence electrons. The molecular weight excluding hydrogens is 464 g/mol. The van der Waals surface area contributed by atoms with Gasteiger partial charge in [-0.25, -0.2) is 0 Å². The molecule has 3 N–H and O–H groups in total. The largest absolute Gasteiger partial charge is 0.496 e. The maximum atomic E-state index is 13.3. The molecular formula is C26H28N4O4S. The minimum atomic E-state index is -0.594. The van der Waals surface area contributed by atoms with Gasteiger partial charge in [-0.15, -0.1) is 11.8 Å². The van der Waals surface area contributed by atoms with E-state index in [1.807, 2.05) is 48.9 Å². The zero-order valence-corrected chi connectivity index (χ0v) is 20.5. The van der Waals surface area contributed by atoms with E-state index in [9.17, 15) is 14.4 Å².